The van der Waals surface area contributed by atoms with Crippen LogP contribution in [0.1, 0.15) is 33.7 Å². The van der Waals surface area contributed by atoms with Crippen LogP contribution in [-0.2, 0) is 17.8 Å². The second-order valence-electron chi connectivity index (χ2n) is 9.81. The van der Waals surface area contributed by atoms with E-state index in [4.69, 9.17) is 29.4 Å². The fraction of sp³-hybridized carbons (Fsp3) is 0.176. The fourth-order valence-electron chi connectivity index (χ4n) is 4.75. The predicted octanol–water partition coefficient (Wildman–Crippen LogP) is 5.96. The van der Waals surface area contributed by atoms with Gasteiger partial charge in [-0.1, -0.05) is 54.1 Å². The van der Waals surface area contributed by atoms with Crippen LogP contribution in [0, 0.1) is 18.3 Å². The van der Waals surface area contributed by atoms with E-state index in [0.717, 1.165) is 16.7 Å². The topological polar surface area (TPSA) is 113 Å². The highest BCUT2D eigenvalue weighted by Crippen LogP contribution is 2.45. The Morgan fingerprint density at radius 3 is 2.29 bits per heavy atom. The van der Waals surface area contributed by atoms with Crippen LogP contribution in [-0.4, -0.2) is 20.2 Å². The Hall–Kier alpha value is -5.42. The van der Waals surface area contributed by atoms with Gasteiger partial charge in [0, 0.05) is 11.6 Å². The largest absolute Gasteiger partial charge is 0.497 e. The van der Waals surface area contributed by atoms with Gasteiger partial charge in [-0.15, -0.1) is 0 Å². The molecular weight excluding hydrogens is 532 g/mol. The van der Waals surface area contributed by atoms with Crippen molar-refractivity contribution in [2.24, 2.45) is 5.73 Å². The minimum atomic E-state index is -0.525. The minimum absolute atomic E-state index is 0.0182. The van der Waals surface area contributed by atoms with E-state index >= 15 is 0 Å². The van der Waals surface area contributed by atoms with Crippen LogP contribution in [0.5, 0.6) is 28.7 Å². The summed E-state index contributed by atoms with van der Waals surface area (Å²) in [5.74, 6) is 1.52. The highest BCUT2D eigenvalue weighted by molar-refractivity contribution is 5.75. The lowest BCUT2D eigenvalue weighted by Crippen LogP contribution is -2.21. The number of carbonyl (C=O) groups is 1. The second-order valence-corrected chi connectivity index (χ2v) is 9.81. The summed E-state index contributed by atoms with van der Waals surface area (Å²) in [7, 11) is 3.15. The zero-order chi connectivity index (χ0) is 29.6. The van der Waals surface area contributed by atoms with Crippen molar-refractivity contribution < 1.29 is 28.5 Å². The Morgan fingerprint density at radius 1 is 0.881 bits per heavy atom. The van der Waals surface area contributed by atoms with E-state index in [9.17, 15) is 10.1 Å². The molecule has 0 saturated heterocycles. The van der Waals surface area contributed by atoms with Gasteiger partial charge < -0.3 is 29.4 Å². The molecule has 1 aliphatic heterocycles. The van der Waals surface area contributed by atoms with Gasteiger partial charge in [0.2, 0.25) is 5.88 Å². The third-order valence-electron chi connectivity index (χ3n) is 6.97. The Morgan fingerprint density at radius 2 is 1.60 bits per heavy atom. The van der Waals surface area contributed by atoms with E-state index in [2.05, 4.69) is 6.07 Å². The van der Waals surface area contributed by atoms with Crippen molar-refractivity contribution >= 4 is 5.97 Å². The van der Waals surface area contributed by atoms with Crippen molar-refractivity contribution in [2.75, 3.05) is 14.2 Å². The molecular formula is C34H30N2O6. The maximum atomic E-state index is 12.6. The lowest BCUT2D eigenvalue weighted by Gasteiger charge is -2.27. The van der Waals surface area contributed by atoms with Crippen molar-refractivity contribution in [1.82, 2.24) is 0 Å². The highest BCUT2D eigenvalue weighted by Gasteiger charge is 2.32. The standard InChI is InChI=1S/C34H30N2O6/c1-21-4-6-23(7-5-21)20-40-29-15-10-24(17-31(29)39-3)33-27-14-13-26(18-30(27)42-34(36)28(33)19-35)41-32(37)16-22-8-11-25(38-2)12-9-22/h4-15,17-18,33H,16,20,36H2,1-3H3. The number of allylic oxidation sites excluding steroid dienone is 1. The van der Waals surface area contributed by atoms with Crippen molar-refractivity contribution in [3.63, 3.8) is 0 Å². The molecule has 0 bridgehead atoms. The van der Waals surface area contributed by atoms with Crippen LogP contribution in [0.4, 0.5) is 0 Å². The van der Waals surface area contributed by atoms with E-state index in [0.29, 0.717) is 40.9 Å². The average Bonchev–Trinajstić information content (AvgIpc) is 3.00. The molecule has 0 radical (unpaired) electrons. The van der Waals surface area contributed by atoms with Crippen LogP contribution in [0.2, 0.25) is 0 Å². The van der Waals surface area contributed by atoms with Crippen molar-refractivity contribution in [2.45, 2.75) is 25.9 Å². The maximum absolute atomic E-state index is 12.6. The summed E-state index contributed by atoms with van der Waals surface area (Å²) in [4.78, 5) is 12.6. The number of nitrogens with zero attached hydrogens (tertiary/aromatic N) is 1. The number of carbonyl (C=O) groups excluding carboxylic acids is 1. The number of esters is 1. The van der Waals surface area contributed by atoms with Gasteiger partial charge >= 0.3 is 5.97 Å². The molecule has 42 heavy (non-hydrogen) atoms. The van der Waals surface area contributed by atoms with Gasteiger partial charge in [0.1, 0.15) is 35.5 Å². The smallest absolute Gasteiger partial charge is 0.315 e. The summed E-state index contributed by atoms with van der Waals surface area (Å²) < 4.78 is 28.2. The SMILES string of the molecule is COc1ccc(CC(=O)Oc2ccc3c(c2)OC(N)=C(C#N)C3c2ccc(OCc3ccc(C)cc3)c(OC)c2)cc1. The molecule has 0 aliphatic carbocycles. The normalized spacial score (nSPS) is 13.8. The van der Waals surface area contributed by atoms with Crippen LogP contribution >= 0.6 is 0 Å². The molecule has 0 fully saturated rings. The number of rotatable bonds is 9. The molecule has 0 spiro atoms. The van der Waals surface area contributed by atoms with Gasteiger partial charge in [-0.25, -0.2) is 0 Å². The molecule has 4 aromatic carbocycles. The third-order valence-corrected chi connectivity index (χ3v) is 6.97. The number of hydrogen-bond acceptors (Lipinski definition) is 8. The number of nitriles is 1. The molecule has 212 valence electrons. The van der Waals surface area contributed by atoms with Gasteiger partial charge in [0.05, 0.1) is 26.6 Å². The first-order chi connectivity index (χ1) is 20.4. The predicted molar refractivity (Wildman–Crippen MR) is 157 cm³/mol. The summed E-state index contributed by atoms with van der Waals surface area (Å²) in [6.07, 6.45) is 0.0866. The van der Waals surface area contributed by atoms with Gasteiger partial charge in [0.15, 0.2) is 11.5 Å². The highest BCUT2D eigenvalue weighted by atomic mass is 16.5. The van der Waals surface area contributed by atoms with Crippen LogP contribution in [0.25, 0.3) is 0 Å². The van der Waals surface area contributed by atoms with E-state index in [1.165, 1.54) is 5.56 Å². The third kappa shape index (κ3) is 6.16. The average molecular weight is 563 g/mol. The lowest BCUT2D eigenvalue weighted by atomic mass is 9.83. The number of nitrogens with two attached hydrogens (primary N) is 1. The number of ether oxygens (including phenoxy) is 5. The first-order valence-electron chi connectivity index (χ1n) is 13.3. The van der Waals surface area contributed by atoms with E-state index in [-0.39, 0.29) is 17.9 Å². The van der Waals surface area contributed by atoms with Crippen LogP contribution < -0.4 is 29.4 Å². The molecule has 5 rings (SSSR count). The summed E-state index contributed by atoms with van der Waals surface area (Å²) in [6, 6.07) is 28.1. The zero-order valence-electron chi connectivity index (χ0n) is 23.5. The Labute approximate surface area is 244 Å². The molecule has 0 saturated carbocycles. The van der Waals surface area contributed by atoms with E-state index < -0.39 is 11.9 Å². The Bertz CT molecular complexity index is 1670. The van der Waals surface area contributed by atoms with Crippen molar-refractivity contribution in [3.05, 3.63) is 124 Å². The quantitative estimate of drug-likeness (QED) is 0.196. The number of hydrogen-bond donors (Lipinski definition) is 1. The van der Waals surface area contributed by atoms with Crippen LogP contribution in [0.15, 0.2) is 96.4 Å². The summed E-state index contributed by atoms with van der Waals surface area (Å²) in [5.41, 5.74) is 10.9. The monoisotopic (exact) mass is 562 g/mol. The van der Waals surface area contributed by atoms with Crippen molar-refractivity contribution in [1.29, 1.82) is 5.26 Å². The van der Waals surface area contributed by atoms with Gasteiger partial charge in [-0.3, -0.25) is 4.79 Å². The Balaban J connectivity index is 1.37. The summed E-state index contributed by atoms with van der Waals surface area (Å²) >= 11 is 0. The maximum Gasteiger partial charge on any atom is 0.315 e. The molecule has 1 heterocycles. The fourth-order valence-corrected chi connectivity index (χ4v) is 4.75. The summed E-state index contributed by atoms with van der Waals surface area (Å²) in [6.45, 7) is 2.42. The number of fused-ring (bicyclic) bond motifs is 1. The number of methoxy groups -OCH3 is 2. The first-order valence-corrected chi connectivity index (χ1v) is 13.3. The molecule has 1 atom stereocenters. The summed E-state index contributed by atoms with van der Waals surface area (Å²) in [5, 5.41) is 9.98. The number of aryl methyl sites for hydroxylation is 1. The molecule has 2 N–H and O–H groups in total. The Kier molecular flexibility index (Phi) is 8.30. The first kappa shape index (κ1) is 28.1. The molecule has 1 unspecified atom stereocenters. The second kappa shape index (κ2) is 12.4. The van der Waals surface area contributed by atoms with Crippen LogP contribution in [0.3, 0.4) is 0 Å². The molecule has 8 heteroatoms. The minimum Gasteiger partial charge on any atom is -0.497 e. The van der Waals surface area contributed by atoms with E-state index in [1.807, 2.05) is 61.5 Å². The van der Waals surface area contributed by atoms with Crippen molar-refractivity contribution in [3.8, 4) is 34.8 Å². The number of benzene rings is 4. The molecule has 1 aliphatic rings. The van der Waals surface area contributed by atoms with Gasteiger partial charge in [0.25, 0.3) is 0 Å². The van der Waals surface area contributed by atoms with E-state index in [1.54, 1.807) is 44.6 Å². The molecule has 0 aromatic heterocycles. The molecule has 8 nitrogen and oxygen atoms in total. The lowest BCUT2D eigenvalue weighted by molar-refractivity contribution is -0.133. The molecule has 4 aromatic rings. The zero-order valence-corrected chi connectivity index (χ0v) is 23.5. The van der Waals surface area contributed by atoms with Gasteiger partial charge in [-0.05, 0) is 53.9 Å². The van der Waals surface area contributed by atoms with Gasteiger partial charge in [-0.2, -0.15) is 5.26 Å². The molecule has 0 amide bonds.